The van der Waals surface area contributed by atoms with Gasteiger partial charge in [0, 0.05) is 22.5 Å². The molecule has 2 aliphatic rings. The summed E-state index contributed by atoms with van der Waals surface area (Å²) in [6, 6.07) is 9.49. The maximum Gasteiger partial charge on any atom is 0.510 e. The van der Waals surface area contributed by atoms with Crippen LogP contribution in [0.3, 0.4) is 0 Å². The van der Waals surface area contributed by atoms with Crippen molar-refractivity contribution in [2.75, 3.05) is 20.3 Å². The highest BCUT2D eigenvalue weighted by atomic mass is 35.5. The number of sulfonamides is 1. The van der Waals surface area contributed by atoms with Gasteiger partial charge in [-0.1, -0.05) is 48.0 Å². The van der Waals surface area contributed by atoms with Crippen molar-refractivity contribution in [2.45, 2.75) is 56.1 Å². The first kappa shape index (κ1) is 31.6. The first-order valence-electron chi connectivity index (χ1n) is 13.1. The minimum Gasteiger partial charge on any atom is -0.495 e. The van der Waals surface area contributed by atoms with Crippen LogP contribution >= 0.6 is 23.2 Å². The number of piperazine rings is 1. The van der Waals surface area contributed by atoms with Crippen LogP contribution in [0.25, 0.3) is 0 Å². The fraction of sp³-hybridized carbons (Fsp3) is 0.393. The Morgan fingerprint density at radius 2 is 1.79 bits per heavy atom. The number of hydrogen-bond donors (Lipinski definition) is 0. The fourth-order valence-electron chi connectivity index (χ4n) is 5.09. The van der Waals surface area contributed by atoms with Gasteiger partial charge in [-0.3, -0.25) is 9.59 Å². The molecule has 3 atom stereocenters. The van der Waals surface area contributed by atoms with Crippen molar-refractivity contribution < 1.29 is 37.0 Å². The zero-order chi connectivity index (χ0) is 30.8. The van der Waals surface area contributed by atoms with Gasteiger partial charge < -0.3 is 24.0 Å². The Kier molecular flexibility index (Phi) is 9.71. The molecule has 2 aliphatic heterocycles. The van der Waals surface area contributed by atoms with E-state index >= 15 is 0 Å². The lowest BCUT2D eigenvalue weighted by Crippen LogP contribution is -2.74. The van der Waals surface area contributed by atoms with Gasteiger partial charge in [0.15, 0.2) is 6.23 Å². The molecule has 42 heavy (non-hydrogen) atoms. The van der Waals surface area contributed by atoms with Crippen molar-refractivity contribution in [1.29, 1.82) is 0 Å². The average Bonchev–Trinajstić information content (AvgIpc) is 2.94. The Balaban J connectivity index is 1.86. The van der Waals surface area contributed by atoms with Crippen molar-refractivity contribution in [1.82, 2.24) is 14.1 Å². The van der Waals surface area contributed by atoms with E-state index in [9.17, 15) is 22.8 Å². The van der Waals surface area contributed by atoms with E-state index < -0.39 is 46.9 Å². The van der Waals surface area contributed by atoms with E-state index in [1.807, 2.05) is 0 Å². The number of hydrogen-bond acceptors (Lipinski definition) is 8. The molecular formula is C28H31Cl2N3O8S. The van der Waals surface area contributed by atoms with E-state index in [0.717, 1.165) is 4.31 Å². The number of nitrogens with zero attached hydrogens (tertiary/aromatic N) is 3. The van der Waals surface area contributed by atoms with Crippen LogP contribution in [0.2, 0.25) is 10.0 Å². The molecule has 4 rings (SSSR count). The number of halogens is 2. The lowest BCUT2D eigenvalue weighted by atomic mass is 9.97. The normalized spacial score (nSPS) is 21.2. The second-order valence-corrected chi connectivity index (χ2v) is 12.7. The van der Waals surface area contributed by atoms with Gasteiger partial charge in [0.2, 0.25) is 11.8 Å². The summed E-state index contributed by atoms with van der Waals surface area (Å²) >= 11 is 12.2. The molecular weight excluding hydrogens is 609 g/mol. The van der Waals surface area contributed by atoms with Crippen LogP contribution in [0.15, 0.2) is 60.0 Å². The monoisotopic (exact) mass is 639 g/mol. The van der Waals surface area contributed by atoms with Crippen LogP contribution in [-0.2, 0) is 35.5 Å². The lowest BCUT2D eigenvalue weighted by Gasteiger charge is -2.54. The van der Waals surface area contributed by atoms with Crippen LogP contribution in [0.4, 0.5) is 4.79 Å². The number of benzene rings is 2. The van der Waals surface area contributed by atoms with Gasteiger partial charge in [0.25, 0.3) is 10.0 Å². The standard InChI is InChI=1S/C28H31Cl2N3O8S/c1-5-12-40-28(36)41-26-15-25(34)32-21(13-18-6-8-19(29)9-7-18)27(35)31(17(2)3)16-24(32)33(26)42(37,38)23-14-20(30)10-11-22(23)39-4/h5-11,14,17,21,24,26H,1,12-13,15-16H2,2-4H3. The Bertz CT molecular complexity index is 1470. The predicted molar refractivity (Wildman–Crippen MR) is 154 cm³/mol. The van der Waals surface area contributed by atoms with Gasteiger partial charge in [-0.15, -0.1) is 4.31 Å². The number of carbonyl (C=O) groups is 3. The highest BCUT2D eigenvalue weighted by Gasteiger charge is 2.56. The Morgan fingerprint density at radius 3 is 2.40 bits per heavy atom. The molecule has 14 heteroatoms. The van der Waals surface area contributed by atoms with E-state index in [-0.39, 0.29) is 47.2 Å². The molecule has 0 aliphatic carbocycles. The number of rotatable bonds is 9. The molecule has 0 N–H and O–H groups in total. The fourth-order valence-corrected chi connectivity index (χ4v) is 7.28. The molecule has 11 nitrogen and oxygen atoms in total. The molecule has 0 bridgehead atoms. The van der Waals surface area contributed by atoms with Crippen LogP contribution in [0.1, 0.15) is 25.8 Å². The largest absolute Gasteiger partial charge is 0.510 e. The first-order chi connectivity index (χ1) is 19.9. The molecule has 226 valence electrons. The number of methoxy groups -OCH3 is 1. The molecule has 2 aromatic carbocycles. The molecule has 0 spiro atoms. The topological polar surface area (TPSA) is 123 Å². The smallest absolute Gasteiger partial charge is 0.495 e. The molecule has 2 saturated heterocycles. The minimum absolute atomic E-state index is 0.0128. The van der Waals surface area contributed by atoms with E-state index in [1.165, 1.54) is 41.2 Å². The van der Waals surface area contributed by atoms with Crippen LogP contribution in [-0.4, -0.2) is 85.2 Å². The SMILES string of the molecule is C=CCOC(=O)OC1CC(=O)N2C(Cc3ccc(Cl)cc3)C(=O)N(C(C)C)CC2N1S(=O)(=O)c1cc(Cl)ccc1OC. The Labute approximate surface area is 254 Å². The van der Waals surface area contributed by atoms with Crippen LogP contribution in [0, 0.1) is 0 Å². The molecule has 2 fully saturated rings. The van der Waals surface area contributed by atoms with Crippen molar-refractivity contribution in [3.05, 3.63) is 70.7 Å². The Morgan fingerprint density at radius 1 is 1.12 bits per heavy atom. The summed E-state index contributed by atoms with van der Waals surface area (Å²) in [6.45, 7) is 6.68. The second kappa shape index (κ2) is 12.9. The van der Waals surface area contributed by atoms with Crippen LogP contribution in [0.5, 0.6) is 5.75 Å². The summed E-state index contributed by atoms with van der Waals surface area (Å²) in [5.41, 5.74) is 0.715. The third-order valence-electron chi connectivity index (χ3n) is 7.00. The summed E-state index contributed by atoms with van der Waals surface area (Å²) in [4.78, 5) is 42.5. The number of amides is 2. The number of ether oxygens (including phenoxy) is 3. The maximum atomic E-state index is 14.4. The summed E-state index contributed by atoms with van der Waals surface area (Å²) in [5.74, 6) is -0.921. The molecule has 0 radical (unpaired) electrons. The third-order valence-corrected chi connectivity index (χ3v) is 9.39. The van der Waals surface area contributed by atoms with Crippen molar-refractivity contribution in [3.63, 3.8) is 0 Å². The van der Waals surface area contributed by atoms with Gasteiger partial charge in [-0.05, 0) is 49.7 Å². The summed E-state index contributed by atoms with van der Waals surface area (Å²) in [5, 5.41) is 0.617. The van der Waals surface area contributed by atoms with Crippen molar-refractivity contribution >= 4 is 51.2 Å². The third kappa shape index (κ3) is 6.36. The molecule has 0 aromatic heterocycles. The highest BCUT2D eigenvalue weighted by Crippen LogP contribution is 2.38. The van der Waals surface area contributed by atoms with Crippen molar-refractivity contribution in [2.24, 2.45) is 0 Å². The quantitative estimate of drug-likeness (QED) is 0.297. The van der Waals surface area contributed by atoms with Crippen molar-refractivity contribution in [3.8, 4) is 5.75 Å². The summed E-state index contributed by atoms with van der Waals surface area (Å²) < 4.78 is 45.5. The van der Waals surface area contributed by atoms with Gasteiger partial charge in [-0.25, -0.2) is 13.2 Å². The van der Waals surface area contributed by atoms with E-state index in [1.54, 1.807) is 38.1 Å². The van der Waals surface area contributed by atoms with E-state index in [2.05, 4.69) is 6.58 Å². The lowest BCUT2D eigenvalue weighted by molar-refractivity contribution is -0.179. The molecule has 2 aromatic rings. The van der Waals surface area contributed by atoms with Gasteiger partial charge >= 0.3 is 6.16 Å². The Hall–Kier alpha value is -3.32. The maximum absolute atomic E-state index is 14.4. The van der Waals surface area contributed by atoms with E-state index in [4.69, 9.17) is 37.4 Å². The van der Waals surface area contributed by atoms with Gasteiger partial charge in [-0.2, -0.15) is 0 Å². The zero-order valence-corrected chi connectivity index (χ0v) is 25.6. The predicted octanol–water partition coefficient (Wildman–Crippen LogP) is 4.08. The molecule has 3 unspecified atom stereocenters. The average molecular weight is 641 g/mol. The van der Waals surface area contributed by atoms with Gasteiger partial charge in [0.05, 0.1) is 20.1 Å². The van der Waals surface area contributed by atoms with Crippen LogP contribution < -0.4 is 4.74 Å². The minimum atomic E-state index is -4.58. The summed E-state index contributed by atoms with van der Waals surface area (Å²) in [7, 11) is -3.28. The first-order valence-corrected chi connectivity index (χ1v) is 15.3. The highest BCUT2D eigenvalue weighted by molar-refractivity contribution is 7.89. The van der Waals surface area contributed by atoms with E-state index in [0.29, 0.717) is 10.6 Å². The molecule has 0 saturated carbocycles. The molecule has 2 amide bonds. The number of fused-ring (bicyclic) bond motifs is 1. The summed E-state index contributed by atoms with van der Waals surface area (Å²) in [6.07, 6.45) is -3.17. The van der Waals surface area contributed by atoms with Gasteiger partial charge in [0.1, 0.15) is 29.5 Å². The zero-order valence-electron chi connectivity index (χ0n) is 23.2. The number of carbonyl (C=O) groups excluding carboxylic acids is 3. The second-order valence-electron chi connectivity index (χ2n) is 9.97. The molecule has 2 heterocycles.